The Morgan fingerprint density at radius 2 is 1.80 bits per heavy atom. The highest BCUT2D eigenvalue weighted by Crippen LogP contribution is 2.16. The van der Waals surface area contributed by atoms with Gasteiger partial charge in [-0.05, 0) is 41.3 Å². The maximum Gasteiger partial charge on any atom is 0.407 e. The molecule has 0 spiro atoms. The lowest BCUT2D eigenvalue weighted by atomic mass is 10.0. The number of nitriles is 1. The van der Waals surface area contributed by atoms with E-state index >= 15 is 0 Å². The van der Waals surface area contributed by atoms with Gasteiger partial charge in [0.1, 0.15) is 6.07 Å². The van der Waals surface area contributed by atoms with Crippen molar-refractivity contribution in [2.45, 2.75) is 12.8 Å². The summed E-state index contributed by atoms with van der Waals surface area (Å²) in [5.74, 6) is 0. The highest BCUT2D eigenvalue weighted by molar-refractivity contribution is 5.88. The Kier molecular flexibility index (Phi) is 7.76. The minimum atomic E-state index is -0.413. The van der Waals surface area contributed by atoms with Crippen LogP contribution in [0.1, 0.15) is 22.4 Å². The molecule has 1 N–H and O–H groups in total. The zero-order valence-electron chi connectivity index (χ0n) is 16.6. The summed E-state index contributed by atoms with van der Waals surface area (Å²) in [5, 5.41) is 12.2. The Hall–Kier alpha value is -3.91. The van der Waals surface area contributed by atoms with Crippen LogP contribution < -0.4 is 5.32 Å². The van der Waals surface area contributed by atoms with Crippen molar-refractivity contribution in [1.82, 2.24) is 10.3 Å². The molecule has 5 heteroatoms. The van der Waals surface area contributed by atoms with Crippen molar-refractivity contribution in [3.05, 3.63) is 101 Å². The normalized spacial score (nSPS) is 10.8. The van der Waals surface area contributed by atoms with E-state index in [1.54, 1.807) is 6.20 Å². The number of nitrogens with one attached hydrogen (secondary N) is 1. The molecule has 0 bridgehead atoms. The van der Waals surface area contributed by atoms with Crippen molar-refractivity contribution < 1.29 is 9.53 Å². The number of ether oxygens (including phenoxy) is 1. The van der Waals surface area contributed by atoms with E-state index in [0.717, 1.165) is 17.5 Å². The molecule has 0 radical (unpaired) electrons. The standard InChI is InChI=1S/C25H23N3O2/c26-19-23(24-11-4-5-14-27-24)18-22-10-6-9-21(17-22)13-16-30-25(29)28-15-12-20-7-2-1-3-8-20/h1-11,14,17-18H,12-13,15-16H2,(H,28,29). The van der Waals surface area contributed by atoms with Crippen LogP contribution in [0.4, 0.5) is 4.79 Å². The predicted molar refractivity (Wildman–Crippen MR) is 117 cm³/mol. The van der Waals surface area contributed by atoms with Gasteiger partial charge in [0.15, 0.2) is 0 Å². The van der Waals surface area contributed by atoms with E-state index in [1.165, 1.54) is 5.56 Å². The number of carbonyl (C=O) groups excluding carboxylic acids is 1. The maximum atomic E-state index is 11.8. The topological polar surface area (TPSA) is 75.0 Å². The zero-order valence-corrected chi connectivity index (χ0v) is 16.6. The zero-order chi connectivity index (χ0) is 21.0. The molecule has 150 valence electrons. The third kappa shape index (κ3) is 6.61. The number of allylic oxidation sites excluding steroid dienone is 1. The third-order valence-corrected chi connectivity index (χ3v) is 4.47. The molecule has 30 heavy (non-hydrogen) atoms. The van der Waals surface area contributed by atoms with Crippen LogP contribution in [0, 0.1) is 11.3 Å². The first kappa shape index (κ1) is 20.8. The lowest BCUT2D eigenvalue weighted by Gasteiger charge is -2.08. The van der Waals surface area contributed by atoms with Gasteiger partial charge in [0, 0.05) is 19.2 Å². The average Bonchev–Trinajstić information content (AvgIpc) is 2.79. The van der Waals surface area contributed by atoms with Crippen LogP contribution in [0.25, 0.3) is 11.6 Å². The van der Waals surface area contributed by atoms with Crippen LogP contribution in [0.2, 0.25) is 0 Å². The largest absolute Gasteiger partial charge is 0.449 e. The third-order valence-electron chi connectivity index (χ3n) is 4.47. The van der Waals surface area contributed by atoms with Gasteiger partial charge < -0.3 is 10.1 Å². The lowest BCUT2D eigenvalue weighted by molar-refractivity contribution is 0.147. The number of aromatic nitrogens is 1. The van der Waals surface area contributed by atoms with Crippen molar-refractivity contribution in [3.63, 3.8) is 0 Å². The number of hydrogen-bond acceptors (Lipinski definition) is 4. The van der Waals surface area contributed by atoms with Crippen LogP contribution >= 0.6 is 0 Å². The van der Waals surface area contributed by atoms with E-state index in [4.69, 9.17) is 4.74 Å². The Morgan fingerprint density at radius 1 is 1.00 bits per heavy atom. The van der Waals surface area contributed by atoms with Gasteiger partial charge in [-0.2, -0.15) is 5.26 Å². The Balaban J connectivity index is 1.48. The van der Waals surface area contributed by atoms with E-state index in [0.29, 0.717) is 24.2 Å². The first-order valence-electron chi connectivity index (χ1n) is 9.81. The van der Waals surface area contributed by atoms with Crippen LogP contribution in [0.3, 0.4) is 0 Å². The second kappa shape index (κ2) is 11.2. The van der Waals surface area contributed by atoms with E-state index in [-0.39, 0.29) is 6.61 Å². The van der Waals surface area contributed by atoms with E-state index in [2.05, 4.69) is 16.4 Å². The number of benzene rings is 2. The quantitative estimate of drug-likeness (QED) is 0.561. The molecule has 3 aromatic rings. The summed E-state index contributed by atoms with van der Waals surface area (Å²) < 4.78 is 5.27. The fourth-order valence-electron chi connectivity index (χ4n) is 2.96. The van der Waals surface area contributed by atoms with Crippen molar-refractivity contribution in [1.29, 1.82) is 5.26 Å². The highest BCUT2D eigenvalue weighted by Gasteiger charge is 2.04. The summed E-state index contributed by atoms with van der Waals surface area (Å²) in [5.41, 5.74) is 4.24. The van der Waals surface area contributed by atoms with E-state index in [9.17, 15) is 10.1 Å². The molecule has 1 heterocycles. The fraction of sp³-hybridized carbons (Fsp3) is 0.160. The number of hydrogen-bond donors (Lipinski definition) is 1. The Bertz CT molecular complexity index is 1030. The van der Waals surface area contributed by atoms with Crippen molar-refractivity contribution in [3.8, 4) is 6.07 Å². The molecule has 1 amide bonds. The van der Waals surface area contributed by atoms with Crippen LogP contribution in [-0.2, 0) is 17.6 Å². The SMILES string of the molecule is N#CC(=Cc1cccc(CCOC(=O)NCCc2ccccc2)c1)c1ccccn1. The molecule has 0 aliphatic carbocycles. The van der Waals surface area contributed by atoms with Crippen molar-refractivity contribution in [2.75, 3.05) is 13.2 Å². The molecule has 0 fully saturated rings. The Morgan fingerprint density at radius 3 is 2.57 bits per heavy atom. The van der Waals surface area contributed by atoms with E-state index < -0.39 is 6.09 Å². The molecule has 0 saturated heterocycles. The minimum Gasteiger partial charge on any atom is -0.449 e. The minimum absolute atomic E-state index is 0.287. The molecule has 1 aromatic heterocycles. The summed E-state index contributed by atoms with van der Waals surface area (Å²) >= 11 is 0. The number of alkyl carbamates (subject to hydrolysis) is 1. The molecule has 3 rings (SSSR count). The summed E-state index contributed by atoms with van der Waals surface area (Å²) in [6, 6.07) is 25.5. The van der Waals surface area contributed by atoms with Gasteiger partial charge in [0.05, 0.1) is 17.9 Å². The second-order valence-corrected chi connectivity index (χ2v) is 6.68. The van der Waals surface area contributed by atoms with Crippen LogP contribution in [0.15, 0.2) is 79.0 Å². The first-order chi connectivity index (χ1) is 14.7. The number of nitrogens with zero attached hydrogens (tertiary/aromatic N) is 2. The summed E-state index contributed by atoms with van der Waals surface area (Å²) in [4.78, 5) is 16.1. The number of pyridine rings is 1. The molecule has 0 unspecified atom stereocenters. The molecule has 5 nitrogen and oxygen atoms in total. The number of rotatable bonds is 8. The summed E-state index contributed by atoms with van der Waals surface area (Å²) in [6.45, 7) is 0.823. The van der Waals surface area contributed by atoms with Crippen molar-refractivity contribution in [2.24, 2.45) is 0 Å². The van der Waals surface area contributed by atoms with Gasteiger partial charge in [-0.15, -0.1) is 0 Å². The summed E-state index contributed by atoms with van der Waals surface area (Å²) in [6.07, 6.45) is 4.42. The molecule has 0 saturated carbocycles. The monoisotopic (exact) mass is 397 g/mol. The van der Waals surface area contributed by atoms with Gasteiger partial charge in [-0.3, -0.25) is 4.98 Å². The average molecular weight is 397 g/mol. The maximum absolute atomic E-state index is 11.8. The van der Waals surface area contributed by atoms with Crippen LogP contribution in [-0.4, -0.2) is 24.2 Å². The highest BCUT2D eigenvalue weighted by atomic mass is 16.5. The van der Waals surface area contributed by atoms with Crippen LogP contribution in [0.5, 0.6) is 0 Å². The molecule has 0 atom stereocenters. The molecule has 0 aliphatic rings. The summed E-state index contributed by atoms with van der Waals surface area (Å²) in [7, 11) is 0. The predicted octanol–water partition coefficient (Wildman–Crippen LogP) is 4.66. The molecular weight excluding hydrogens is 374 g/mol. The van der Waals surface area contributed by atoms with Gasteiger partial charge in [0.2, 0.25) is 0 Å². The molecular formula is C25H23N3O2. The second-order valence-electron chi connectivity index (χ2n) is 6.68. The first-order valence-corrected chi connectivity index (χ1v) is 9.81. The fourth-order valence-corrected chi connectivity index (χ4v) is 2.96. The van der Waals surface area contributed by atoms with E-state index in [1.807, 2.05) is 78.9 Å². The van der Waals surface area contributed by atoms with Gasteiger partial charge in [0.25, 0.3) is 0 Å². The molecule has 0 aliphatic heterocycles. The Labute approximate surface area is 176 Å². The van der Waals surface area contributed by atoms with Gasteiger partial charge in [-0.1, -0.05) is 60.7 Å². The molecule has 2 aromatic carbocycles. The lowest BCUT2D eigenvalue weighted by Crippen LogP contribution is -2.27. The van der Waals surface area contributed by atoms with Gasteiger partial charge >= 0.3 is 6.09 Å². The number of amides is 1. The van der Waals surface area contributed by atoms with Crippen molar-refractivity contribution >= 4 is 17.7 Å². The van der Waals surface area contributed by atoms with Gasteiger partial charge in [-0.25, -0.2) is 4.79 Å². The smallest absolute Gasteiger partial charge is 0.407 e. The number of carbonyl (C=O) groups is 1.